The summed E-state index contributed by atoms with van der Waals surface area (Å²) in [6.07, 6.45) is 2.33. The molecule has 0 N–H and O–H groups in total. The summed E-state index contributed by atoms with van der Waals surface area (Å²) in [5.74, 6) is -0.463. The molecule has 0 fully saturated rings. The van der Waals surface area contributed by atoms with Gasteiger partial charge in [-0.15, -0.1) is 0 Å². The number of hydrogen-bond donors (Lipinski definition) is 0. The zero-order valence-corrected chi connectivity index (χ0v) is 6.04. The molecule has 0 spiro atoms. The van der Waals surface area contributed by atoms with Crippen molar-refractivity contribution in [2.75, 3.05) is 6.61 Å². The van der Waals surface area contributed by atoms with Gasteiger partial charge in [0, 0.05) is 6.21 Å². The average Bonchev–Trinajstić information content (AvgIpc) is 1.85. The number of ether oxygens (including phenoxy) is 1. The van der Waals surface area contributed by atoms with Gasteiger partial charge in [0.15, 0.2) is 0 Å². The summed E-state index contributed by atoms with van der Waals surface area (Å²) in [7, 11) is -4.99. The van der Waals surface area contributed by atoms with E-state index in [1.807, 2.05) is 0 Å². The quantitative estimate of drug-likeness (QED) is 0.567. The van der Waals surface area contributed by atoms with Crippen LogP contribution in [0.15, 0.2) is 17.1 Å². The van der Waals surface area contributed by atoms with E-state index in [0.29, 0.717) is 0 Å². The van der Waals surface area contributed by atoms with E-state index in [2.05, 4.69) is 13.9 Å². The summed E-state index contributed by atoms with van der Waals surface area (Å²) in [5, 5.41) is 0. The Morgan fingerprint density at radius 2 is 2.45 bits per heavy atom. The summed E-state index contributed by atoms with van der Waals surface area (Å²) in [6.45, 7) is 0.0708. The molecule has 0 unspecified atom stereocenters. The lowest BCUT2D eigenvalue weighted by molar-refractivity contribution is 0.129. The second-order valence-electron chi connectivity index (χ2n) is 1.57. The zero-order valence-electron chi connectivity index (χ0n) is 5.23. The molecule has 0 aromatic carbocycles. The Hall–Kier alpha value is -1.11. The SMILES string of the molecule is O=S(=O)(F)OC1=CN=CCO1. The highest BCUT2D eigenvalue weighted by Gasteiger charge is 2.13. The lowest BCUT2D eigenvalue weighted by atomic mass is 10.7. The molecule has 0 bridgehead atoms. The fourth-order valence-corrected chi connectivity index (χ4v) is 0.744. The molecule has 0 saturated heterocycles. The second-order valence-corrected chi connectivity index (χ2v) is 2.52. The van der Waals surface area contributed by atoms with E-state index < -0.39 is 16.4 Å². The van der Waals surface area contributed by atoms with Gasteiger partial charge in [0.2, 0.25) is 0 Å². The fourth-order valence-electron chi connectivity index (χ4n) is 0.457. The zero-order chi connectivity index (χ0) is 8.32. The number of halogens is 1. The van der Waals surface area contributed by atoms with E-state index in [9.17, 15) is 12.3 Å². The summed E-state index contributed by atoms with van der Waals surface area (Å²) >= 11 is 0. The van der Waals surface area contributed by atoms with Gasteiger partial charge in [0.05, 0.1) is 0 Å². The van der Waals surface area contributed by atoms with Gasteiger partial charge >= 0.3 is 16.4 Å². The molecule has 1 rings (SSSR count). The maximum absolute atomic E-state index is 11.8. The third-order valence-electron chi connectivity index (χ3n) is 0.767. The van der Waals surface area contributed by atoms with Crippen LogP contribution >= 0.6 is 0 Å². The minimum Gasteiger partial charge on any atom is -0.458 e. The van der Waals surface area contributed by atoms with Crippen LogP contribution in [0.1, 0.15) is 0 Å². The first-order chi connectivity index (χ1) is 5.08. The van der Waals surface area contributed by atoms with Crippen molar-refractivity contribution in [3.8, 4) is 0 Å². The van der Waals surface area contributed by atoms with E-state index in [1.54, 1.807) is 0 Å². The Morgan fingerprint density at radius 1 is 1.73 bits per heavy atom. The Labute approximate surface area is 62.6 Å². The van der Waals surface area contributed by atoms with Crippen LogP contribution in [0.25, 0.3) is 0 Å². The molecular weight excluding hydrogens is 177 g/mol. The predicted molar refractivity (Wildman–Crippen MR) is 33.6 cm³/mol. The van der Waals surface area contributed by atoms with Crippen molar-refractivity contribution >= 4 is 16.7 Å². The van der Waals surface area contributed by atoms with Crippen molar-refractivity contribution in [1.29, 1.82) is 0 Å². The van der Waals surface area contributed by atoms with Crippen LogP contribution in [0, 0.1) is 0 Å². The summed E-state index contributed by atoms with van der Waals surface area (Å²) < 4.78 is 39.7. The van der Waals surface area contributed by atoms with Crippen molar-refractivity contribution in [1.82, 2.24) is 0 Å². The first-order valence-corrected chi connectivity index (χ1v) is 3.87. The summed E-state index contributed by atoms with van der Waals surface area (Å²) in [4.78, 5) is 3.47. The molecule has 62 valence electrons. The van der Waals surface area contributed by atoms with E-state index >= 15 is 0 Å². The topological polar surface area (TPSA) is 65.0 Å². The van der Waals surface area contributed by atoms with Gasteiger partial charge < -0.3 is 8.92 Å². The molecule has 5 nitrogen and oxygen atoms in total. The van der Waals surface area contributed by atoms with Gasteiger partial charge in [-0.3, -0.25) is 4.99 Å². The molecule has 0 atom stereocenters. The molecule has 1 aliphatic heterocycles. The average molecular weight is 181 g/mol. The van der Waals surface area contributed by atoms with E-state index in [1.165, 1.54) is 6.21 Å². The molecule has 0 amide bonds. The number of nitrogens with zero attached hydrogens (tertiary/aromatic N) is 1. The number of aliphatic imine (C=N–C) groups is 1. The Kier molecular flexibility index (Phi) is 2.08. The van der Waals surface area contributed by atoms with Crippen molar-refractivity contribution in [3.63, 3.8) is 0 Å². The van der Waals surface area contributed by atoms with Gasteiger partial charge in [-0.05, 0) is 0 Å². The van der Waals surface area contributed by atoms with E-state index in [-0.39, 0.29) is 6.61 Å². The molecular formula is C4H4FNO4S. The van der Waals surface area contributed by atoms with Gasteiger partial charge in [0.1, 0.15) is 12.8 Å². The minimum atomic E-state index is -4.99. The molecule has 0 radical (unpaired) electrons. The van der Waals surface area contributed by atoms with Crippen molar-refractivity contribution in [2.24, 2.45) is 4.99 Å². The highest BCUT2D eigenvalue weighted by molar-refractivity contribution is 7.81. The first-order valence-electron chi connectivity index (χ1n) is 2.56. The Balaban J connectivity index is 2.63. The van der Waals surface area contributed by atoms with Crippen molar-refractivity contribution < 1.29 is 21.2 Å². The number of hydrogen-bond acceptors (Lipinski definition) is 5. The number of rotatable bonds is 2. The molecule has 0 aromatic rings. The Morgan fingerprint density at radius 3 is 2.91 bits per heavy atom. The van der Waals surface area contributed by atoms with E-state index in [4.69, 9.17) is 0 Å². The Bertz CT molecular complexity index is 293. The van der Waals surface area contributed by atoms with Gasteiger partial charge in [-0.1, -0.05) is 3.89 Å². The second kappa shape index (κ2) is 2.87. The highest BCUT2D eigenvalue weighted by atomic mass is 32.3. The first kappa shape index (κ1) is 7.99. The monoisotopic (exact) mass is 181 g/mol. The van der Waals surface area contributed by atoms with Crippen LogP contribution in [-0.4, -0.2) is 21.2 Å². The molecule has 0 aliphatic carbocycles. The molecule has 1 aliphatic rings. The summed E-state index contributed by atoms with van der Waals surface area (Å²) in [5.41, 5.74) is 0. The molecule has 0 aromatic heterocycles. The minimum absolute atomic E-state index is 0.0708. The van der Waals surface area contributed by atoms with Crippen LogP contribution in [0.5, 0.6) is 0 Å². The predicted octanol–water partition coefficient (Wildman–Crippen LogP) is 0.117. The molecule has 0 saturated carbocycles. The third-order valence-corrected chi connectivity index (χ3v) is 1.13. The van der Waals surface area contributed by atoms with E-state index in [0.717, 1.165) is 6.20 Å². The molecule has 7 heteroatoms. The lowest BCUT2D eigenvalue weighted by Crippen LogP contribution is -2.06. The molecule has 1 heterocycles. The van der Waals surface area contributed by atoms with Crippen LogP contribution in [-0.2, 0) is 19.4 Å². The largest absolute Gasteiger partial charge is 0.491 e. The van der Waals surface area contributed by atoms with Crippen LogP contribution in [0.3, 0.4) is 0 Å². The normalized spacial score (nSPS) is 17.0. The molecule has 11 heavy (non-hydrogen) atoms. The van der Waals surface area contributed by atoms with Crippen molar-refractivity contribution in [3.05, 3.63) is 12.1 Å². The lowest BCUT2D eigenvalue weighted by Gasteiger charge is -2.06. The van der Waals surface area contributed by atoms with Gasteiger partial charge in [0.25, 0.3) is 0 Å². The smallest absolute Gasteiger partial charge is 0.458 e. The third kappa shape index (κ3) is 2.99. The van der Waals surface area contributed by atoms with Gasteiger partial charge in [-0.25, -0.2) is 0 Å². The highest BCUT2D eigenvalue weighted by Crippen LogP contribution is 2.08. The maximum Gasteiger partial charge on any atom is 0.491 e. The van der Waals surface area contributed by atoms with Gasteiger partial charge in [-0.2, -0.15) is 8.42 Å². The van der Waals surface area contributed by atoms with Crippen LogP contribution in [0.4, 0.5) is 3.89 Å². The standard InChI is InChI=1S/C4H4FNO4S/c5-11(7,8)10-4-3-6-1-2-9-4/h1,3H,2H2. The van der Waals surface area contributed by atoms with Crippen LogP contribution < -0.4 is 0 Å². The van der Waals surface area contributed by atoms with Crippen molar-refractivity contribution in [2.45, 2.75) is 0 Å². The maximum atomic E-state index is 11.8. The summed E-state index contributed by atoms with van der Waals surface area (Å²) in [6, 6.07) is 0. The fraction of sp³-hybridized carbons (Fsp3) is 0.250. The van der Waals surface area contributed by atoms with Crippen LogP contribution in [0.2, 0.25) is 0 Å².